The molecule has 192 valence electrons. The molecule has 0 radical (unpaired) electrons. The number of benzene rings is 2. The number of aliphatic hydroxyl groups excluding tert-OH is 1. The number of anilines is 1. The smallest absolute Gasteiger partial charge is 0.267 e. The molecule has 0 saturated heterocycles. The van der Waals surface area contributed by atoms with E-state index in [2.05, 4.69) is 27.2 Å². The molecule has 0 aliphatic carbocycles. The van der Waals surface area contributed by atoms with Crippen LogP contribution < -0.4 is 16.6 Å². The van der Waals surface area contributed by atoms with Crippen LogP contribution in [0.2, 0.25) is 0 Å². The summed E-state index contributed by atoms with van der Waals surface area (Å²) in [6.07, 6.45) is 2.64. The summed E-state index contributed by atoms with van der Waals surface area (Å²) in [7, 11) is 0. The zero-order valence-corrected chi connectivity index (χ0v) is 21.0. The van der Waals surface area contributed by atoms with Crippen molar-refractivity contribution in [3.63, 3.8) is 0 Å². The van der Waals surface area contributed by atoms with Gasteiger partial charge in [-0.2, -0.15) is 0 Å². The molecular weight excluding hydrogens is 482 g/mol. The first-order valence-corrected chi connectivity index (χ1v) is 12.1. The van der Waals surface area contributed by atoms with Crippen molar-refractivity contribution in [2.45, 2.75) is 32.6 Å². The number of nitrogens with two attached hydrogens (primary N) is 1. The van der Waals surface area contributed by atoms with E-state index in [4.69, 9.17) is 15.5 Å². The Morgan fingerprint density at radius 3 is 2.74 bits per heavy atom. The lowest BCUT2D eigenvalue weighted by Crippen LogP contribution is -2.31. The maximum atomic E-state index is 13.9. The van der Waals surface area contributed by atoms with E-state index in [0.29, 0.717) is 45.0 Å². The molecule has 0 amide bonds. The van der Waals surface area contributed by atoms with Crippen LogP contribution in [-0.4, -0.2) is 42.1 Å². The summed E-state index contributed by atoms with van der Waals surface area (Å²) < 4.78 is 9.05. The largest absolute Gasteiger partial charge is 0.382 e. The predicted octanol–water partition coefficient (Wildman–Crippen LogP) is 2.57. The number of para-hydroxylation sites is 1. The number of nitrogens with one attached hydrogen (secondary N) is 1. The van der Waals surface area contributed by atoms with Crippen LogP contribution in [-0.2, 0) is 11.3 Å². The quantitative estimate of drug-likeness (QED) is 0.173. The summed E-state index contributed by atoms with van der Waals surface area (Å²) in [5.74, 6) is 6.52. The lowest BCUT2D eigenvalue weighted by atomic mass is 10.1. The van der Waals surface area contributed by atoms with Crippen LogP contribution >= 0.6 is 0 Å². The zero-order valence-electron chi connectivity index (χ0n) is 21.0. The number of ether oxygens (including phenoxy) is 1. The first kappa shape index (κ1) is 25.1. The van der Waals surface area contributed by atoms with Crippen molar-refractivity contribution in [1.82, 2.24) is 29.5 Å². The van der Waals surface area contributed by atoms with Crippen LogP contribution in [0.25, 0.3) is 22.2 Å². The number of nitrogens with zero attached hydrogens (tertiary/aromatic N) is 5. The van der Waals surface area contributed by atoms with Crippen molar-refractivity contribution in [2.75, 3.05) is 12.5 Å². The van der Waals surface area contributed by atoms with Gasteiger partial charge in [-0.3, -0.25) is 14.7 Å². The topological polar surface area (TPSA) is 133 Å². The van der Waals surface area contributed by atoms with Crippen molar-refractivity contribution in [3.05, 3.63) is 94.3 Å². The van der Waals surface area contributed by atoms with Crippen molar-refractivity contribution < 1.29 is 9.84 Å². The standard InChI is InChI=1S/C28H27N7O3/c1-18(36)12-13-20-8-6-11-23-24(20)28(37)35(21-9-4-3-5-10-21)26(32-23)19(2)31-17-38-16-22-25(29)33-34-15-7-14-30-27(22)34/h3-11,14-15,18-19,31,36H,16-17H2,1-2H3,(H2,29,33)/t18-,19-/m1/s1. The highest BCUT2D eigenvalue weighted by Crippen LogP contribution is 2.21. The SMILES string of the molecule is C[C@@H](O)C#Cc1cccc2nc([C@@H](C)NCOCc3c(N)nn4cccnc34)n(-c3ccccc3)c(=O)c12. The highest BCUT2D eigenvalue weighted by Gasteiger charge is 2.19. The molecule has 3 heterocycles. The van der Waals surface area contributed by atoms with E-state index in [1.165, 1.54) is 0 Å². The van der Waals surface area contributed by atoms with Crippen LogP contribution in [0, 0.1) is 11.8 Å². The molecule has 0 unspecified atom stereocenters. The van der Waals surface area contributed by atoms with Gasteiger partial charge in [0.05, 0.1) is 41.5 Å². The number of rotatable bonds is 7. The van der Waals surface area contributed by atoms with Crippen molar-refractivity contribution in [2.24, 2.45) is 0 Å². The number of nitrogen functional groups attached to an aromatic ring is 1. The third-order valence-electron chi connectivity index (χ3n) is 6.00. The van der Waals surface area contributed by atoms with Crippen molar-refractivity contribution in [1.29, 1.82) is 0 Å². The highest BCUT2D eigenvalue weighted by molar-refractivity contribution is 5.84. The van der Waals surface area contributed by atoms with Gasteiger partial charge in [0.2, 0.25) is 0 Å². The minimum atomic E-state index is -0.815. The van der Waals surface area contributed by atoms with Gasteiger partial charge in [0.15, 0.2) is 11.5 Å². The molecule has 0 fully saturated rings. The van der Waals surface area contributed by atoms with Crippen molar-refractivity contribution in [3.8, 4) is 17.5 Å². The second kappa shape index (κ2) is 10.8. The number of hydrogen-bond acceptors (Lipinski definition) is 8. The minimum Gasteiger partial charge on any atom is -0.382 e. The summed E-state index contributed by atoms with van der Waals surface area (Å²) in [5, 5.41) is 17.6. The fourth-order valence-corrected chi connectivity index (χ4v) is 4.17. The molecular formula is C28H27N7O3. The zero-order chi connectivity index (χ0) is 26.6. The molecule has 38 heavy (non-hydrogen) atoms. The Labute approximate surface area is 218 Å². The Balaban J connectivity index is 1.45. The van der Waals surface area contributed by atoms with Gasteiger partial charge in [0.25, 0.3) is 5.56 Å². The molecule has 0 aliphatic rings. The first-order chi connectivity index (χ1) is 18.4. The second-order valence-electron chi connectivity index (χ2n) is 8.76. The van der Waals surface area contributed by atoms with Crippen LogP contribution in [0.15, 0.2) is 71.8 Å². The fourth-order valence-electron chi connectivity index (χ4n) is 4.17. The Morgan fingerprint density at radius 1 is 1.13 bits per heavy atom. The van der Waals surface area contributed by atoms with Crippen LogP contribution in [0.4, 0.5) is 5.82 Å². The molecule has 0 spiro atoms. The van der Waals surface area contributed by atoms with Crippen LogP contribution in [0.1, 0.15) is 36.8 Å². The number of aromatic nitrogens is 5. The van der Waals surface area contributed by atoms with Gasteiger partial charge < -0.3 is 15.6 Å². The average Bonchev–Trinajstić information content (AvgIpc) is 3.24. The molecule has 5 aromatic rings. The van der Waals surface area contributed by atoms with Gasteiger partial charge in [0.1, 0.15) is 11.9 Å². The predicted molar refractivity (Wildman–Crippen MR) is 145 cm³/mol. The molecule has 10 nitrogen and oxygen atoms in total. The average molecular weight is 510 g/mol. The Bertz CT molecular complexity index is 1720. The first-order valence-electron chi connectivity index (χ1n) is 12.1. The normalized spacial score (nSPS) is 12.8. The van der Waals surface area contributed by atoms with Crippen LogP contribution in [0.3, 0.4) is 0 Å². The van der Waals surface area contributed by atoms with Crippen LogP contribution in [0.5, 0.6) is 0 Å². The Hall–Kier alpha value is -4.56. The molecule has 4 N–H and O–H groups in total. The Morgan fingerprint density at radius 2 is 1.95 bits per heavy atom. The molecule has 10 heteroatoms. The lowest BCUT2D eigenvalue weighted by Gasteiger charge is -2.20. The summed E-state index contributed by atoms with van der Waals surface area (Å²) in [6.45, 7) is 3.88. The van der Waals surface area contributed by atoms with E-state index in [0.717, 1.165) is 0 Å². The molecule has 3 aromatic heterocycles. The van der Waals surface area contributed by atoms with Gasteiger partial charge >= 0.3 is 0 Å². The van der Waals surface area contributed by atoms with Gasteiger partial charge in [-0.25, -0.2) is 14.5 Å². The lowest BCUT2D eigenvalue weighted by molar-refractivity contribution is 0.0967. The van der Waals surface area contributed by atoms with E-state index >= 15 is 0 Å². The Kier molecular flexibility index (Phi) is 7.15. The summed E-state index contributed by atoms with van der Waals surface area (Å²) in [4.78, 5) is 23.1. The second-order valence-corrected chi connectivity index (χ2v) is 8.76. The van der Waals surface area contributed by atoms with E-state index in [1.807, 2.05) is 37.3 Å². The van der Waals surface area contributed by atoms with E-state index in [-0.39, 0.29) is 24.9 Å². The molecule has 0 saturated carbocycles. The number of hydrogen-bond donors (Lipinski definition) is 3. The molecule has 5 rings (SSSR count). The third kappa shape index (κ3) is 4.99. The number of aliphatic hydroxyl groups is 1. The van der Waals surface area contributed by atoms with E-state index < -0.39 is 6.10 Å². The third-order valence-corrected chi connectivity index (χ3v) is 6.00. The fraction of sp³-hybridized carbons (Fsp3) is 0.214. The monoisotopic (exact) mass is 509 g/mol. The summed E-state index contributed by atoms with van der Waals surface area (Å²) in [6, 6.07) is 16.1. The summed E-state index contributed by atoms with van der Waals surface area (Å²) in [5.41, 5.74) is 8.86. The summed E-state index contributed by atoms with van der Waals surface area (Å²) >= 11 is 0. The van der Waals surface area contributed by atoms with Crippen molar-refractivity contribution >= 4 is 22.4 Å². The van der Waals surface area contributed by atoms with Gasteiger partial charge in [0, 0.05) is 18.0 Å². The van der Waals surface area contributed by atoms with Gasteiger partial charge in [-0.1, -0.05) is 36.1 Å². The van der Waals surface area contributed by atoms with Gasteiger partial charge in [-0.05, 0) is 44.2 Å². The molecule has 2 atom stereocenters. The minimum absolute atomic E-state index is 0.174. The van der Waals surface area contributed by atoms with E-state index in [9.17, 15) is 9.90 Å². The maximum absolute atomic E-state index is 13.9. The maximum Gasteiger partial charge on any atom is 0.267 e. The highest BCUT2D eigenvalue weighted by atomic mass is 16.5. The molecule has 2 aromatic carbocycles. The van der Waals surface area contributed by atoms with E-state index in [1.54, 1.807) is 52.7 Å². The van der Waals surface area contributed by atoms with Gasteiger partial charge in [-0.15, -0.1) is 5.10 Å². The molecule has 0 aliphatic heterocycles. The number of fused-ring (bicyclic) bond motifs is 2. The molecule has 0 bridgehead atoms.